The van der Waals surface area contributed by atoms with E-state index in [1.807, 2.05) is 6.92 Å². The van der Waals surface area contributed by atoms with E-state index in [2.05, 4.69) is 33.4 Å². The topological polar surface area (TPSA) is 34.1 Å². The highest BCUT2D eigenvalue weighted by molar-refractivity contribution is 6.10. The number of rotatable bonds is 7. The SMILES string of the molecule is C=C1CCC/C(=C\C)C1CCC1(CC)C2C1C2(C)CC1C(=O)CC(CC)C1=O. The van der Waals surface area contributed by atoms with Gasteiger partial charge >= 0.3 is 0 Å². The number of hydrogen-bond acceptors (Lipinski definition) is 2. The number of hydrogen-bond donors (Lipinski definition) is 0. The summed E-state index contributed by atoms with van der Waals surface area (Å²) in [5, 5.41) is 0. The van der Waals surface area contributed by atoms with Crippen LogP contribution in [0.15, 0.2) is 23.8 Å². The Bertz CT molecular complexity index is 717. The Kier molecular flexibility index (Phi) is 5.00. The van der Waals surface area contributed by atoms with Crippen LogP contribution >= 0.6 is 0 Å². The normalized spacial score (nSPS) is 46.2. The van der Waals surface area contributed by atoms with Gasteiger partial charge in [-0.15, -0.1) is 0 Å². The van der Waals surface area contributed by atoms with E-state index in [0.29, 0.717) is 17.8 Å². The average molecular weight is 383 g/mol. The zero-order chi connectivity index (χ0) is 20.3. The molecule has 0 heterocycles. The Morgan fingerprint density at radius 1 is 1.14 bits per heavy atom. The van der Waals surface area contributed by atoms with E-state index >= 15 is 0 Å². The van der Waals surface area contributed by atoms with E-state index in [1.54, 1.807) is 5.57 Å². The van der Waals surface area contributed by atoms with Gasteiger partial charge in [0.25, 0.3) is 0 Å². The molecule has 5 atom stereocenters. The summed E-state index contributed by atoms with van der Waals surface area (Å²) in [6.07, 6.45) is 12.0. The predicted molar refractivity (Wildman–Crippen MR) is 114 cm³/mol. The van der Waals surface area contributed by atoms with Crippen LogP contribution in [0.2, 0.25) is 0 Å². The van der Waals surface area contributed by atoms with Gasteiger partial charge in [-0.2, -0.15) is 0 Å². The third kappa shape index (κ3) is 2.81. The molecule has 4 fully saturated rings. The van der Waals surface area contributed by atoms with Crippen molar-refractivity contribution in [2.45, 2.75) is 85.5 Å². The predicted octanol–water partition coefficient (Wildman–Crippen LogP) is 6.31. The summed E-state index contributed by atoms with van der Waals surface area (Å²) in [5.74, 6) is 2.28. The van der Waals surface area contributed by atoms with Crippen LogP contribution in [0.1, 0.15) is 85.5 Å². The van der Waals surface area contributed by atoms with Gasteiger partial charge in [-0.3, -0.25) is 9.59 Å². The fraction of sp³-hybridized carbons (Fsp3) is 0.769. The van der Waals surface area contributed by atoms with Crippen molar-refractivity contribution in [2.75, 3.05) is 0 Å². The van der Waals surface area contributed by atoms with Gasteiger partial charge < -0.3 is 0 Å². The first-order valence-corrected chi connectivity index (χ1v) is 11.7. The van der Waals surface area contributed by atoms with E-state index < -0.39 is 0 Å². The molecule has 0 saturated heterocycles. The molecule has 0 spiro atoms. The highest BCUT2D eigenvalue weighted by Gasteiger charge is 2.87. The molecule has 0 aromatic rings. The first-order chi connectivity index (χ1) is 13.3. The third-order valence-corrected chi connectivity index (χ3v) is 9.32. The quantitative estimate of drug-likeness (QED) is 0.382. The van der Waals surface area contributed by atoms with Crippen LogP contribution in [0.25, 0.3) is 0 Å². The highest BCUT2D eigenvalue weighted by atomic mass is 16.2. The minimum Gasteiger partial charge on any atom is -0.299 e. The van der Waals surface area contributed by atoms with E-state index in [9.17, 15) is 9.59 Å². The van der Waals surface area contributed by atoms with E-state index in [4.69, 9.17) is 0 Å². The first kappa shape index (κ1) is 20.1. The van der Waals surface area contributed by atoms with Crippen molar-refractivity contribution in [3.05, 3.63) is 23.8 Å². The van der Waals surface area contributed by atoms with Gasteiger partial charge in [0.15, 0.2) is 0 Å². The molecule has 0 amide bonds. The maximum Gasteiger partial charge on any atom is 0.146 e. The molecule has 5 unspecified atom stereocenters. The number of allylic oxidation sites excluding steroid dienone is 3. The molecule has 0 aromatic carbocycles. The molecule has 0 radical (unpaired) electrons. The second kappa shape index (κ2) is 6.96. The summed E-state index contributed by atoms with van der Waals surface area (Å²) in [6.45, 7) is 13.3. The zero-order valence-corrected chi connectivity index (χ0v) is 18.4. The Morgan fingerprint density at radius 2 is 1.86 bits per heavy atom. The molecule has 0 aromatic heterocycles. The summed E-state index contributed by atoms with van der Waals surface area (Å²) in [6, 6.07) is 0. The Morgan fingerprint density at radius 3 is 2.43 bits per heavy atom. The van der Waals surface area contributed by atoms with Crippen LogP contribution in [0.5, 0.6) is 0 Å². The molecule has 4 aliphatic carbocycles. The summed E-state index contributed by atoms with van der Waals surface area (Å²) >= 11 is 0. The number of carbonyl (C=O) groups excluding carboxylic acids is 2. The number of ketones is 2. The highest BCUT2D eigenvalue weighted by Crippen LogP contribution is 2.92. The molecule has 4 rings (SSSR count). The van der Waals surface area contributed by atoms with E-state index in [0.717, 1.165) is 24.7 Å². The lowest BCUT2D eigenvalue weighted by molar-refractivity contribution is -0.129. The van der Waals surface area contributed by atoms with Crippen LogP contribution < -0.4 is 0 Å². The number of Topliss-reactive ketones (excluding diaryl/α,β-unsaturated/α-hetero) is 2. The molecular weight excluding hydrogens is 344 g/mol. The van der Waals surface area contributed by atoms with Crippen molar-refractivity contribution in [1.82, 2.24) is 0 Å². The second-order valence-electron chi connectivity index (χ2n) is 10.4. The summed E-state index contributed by atoms with van der Waals surface area (Å²) in [7, 11) is 0. The fourth-order valence-electron chi connectivity index (χ4n) is 7.66. The van der Waals surface area contributed by atoms with Gasteiger partial charge in [0.05, 0.1) is 5.92 Å². The zero-order valence-electron chi connectivity index (χ0n) is 18.4. The molecule has 0 bridgehead atoms. The Balaban J connectivity index is 1.37. The van der Waals surface area contributed by atoms with Gasteiger partial charge in [0.1, 0.15) is 11.6 Å². The second-order valence-corrected chi connectivity index (χ2v) is 10.4. The first-order valence-electron chi connectivity index (χ1n) is 11.7. The van der Waals surface area contributed by atoms with E-state index in [-0.39, 0.29) is 28.8 Å². The molecule has 28 heavy (non-hydrogen) atoms. The molecule has 2 nitrogen and oxygen atoms in total. The van der Waals surface area contributed by atoms with Crippen LogP contribution in [0, 0.1) is 40.4 Å². The lowest BCUT2D eigenvalue weighted by atomic mass is 9.68. The molecule has 0 N–H and O–H groups in total. The van der Waals surface area contributed by atoms with E-state index in [1.165, 1.54) is 44.1 Å². The summed E-state index contributed by atoms with van der Waals surface area (Å²) in [4.78, 5) is 25.0. The largest absolute Gasteiger partial charge is 0.299 e. The van der Waals surface area contributed by atoms with Crippen LogP contribution in [-0.2, 0) is 9.59 Å². The Hall–Kier alpha value is -1.18. The maximum atomic E-state index is 12.6. The van der Waals surface area contributed by atoms with Gasteiger partial charge in [-0.05, 0) is 81.0 Å². The molecule has 4 aliphatic rings. The number of carbonyl (C=O) groups is 2. The lowest BCUT2D eigenvalue weighted by Gasteiger charge is -2.36. The van der Waals surface area contributed by atoms with Crippen molar-refractivity contribution in [3.63, 3.8) is 0 Å². The van der Waals surface area contributed by atoms with Gasteiger partial charge in [-0.25, -0.2) is 0 Å². The van der Waals surface area contributed by atoms with Crippen molar-refractivity contribution >= 4 is 11.6 Å². The Labute approximate surface area is 171 Å². The molecule has 4 saturated carbocycles. The summed E-state index contributed by atoms with van der Waals surface area (Å²) < 4.78 is 0. The van der Waals surface area contributed by atoms with Crippen molar-refractivity contribution in [1.29, 1.82) is 0 Å². The monoisotopic (exact) mass is 382 g/mol. The van der Waals surface area contributed by atoms with Crippen LogP contribution in [-0.4, -0.2) is 11.6 Å². The van der Waals surface area contributed by atoms with Crippen molar-refractivity contribution < 1.29 is 9.59 Å². The molecule has 0 aliphatic heterocycles. The fourth-order valence-corrected chi connectivity index (χ4v) is 7.66. The average Bonchev–Trinajstić information content (AvgIpc) is 3.53. The molecular formula is C26H38O2. The lowest BCUT2D eigenvalue weighted by Crippen LogP contribution is -2.30. The van der Waals surface area contributed by atoms with Crippen LogP contribution in [0.4, 0.5) is 0 Å². The van der Waals surface area contributed by atoms with Gasteiger partial charge in [0.2, 0.25) is 0 Å². The van der Waals surface area contributed by atoms with Gasteiger partial charge in [0, 0.05) is 18.3 Å². The number of fused-ring (bicyclic) bond motifs is 1. The smallest absolute Gasteiger partial charge is 0.146 e. The van der Waals surface area contributed by atoms with Crippen molar-refractivity contribution in [2.24, 2.45) is 40.4 Å². The minimum atomic E-state index is -0.287. The third-order valence-electron chi connectivity index (χ3n) is 9.32. The standard InChI is InChI=1S/C26H38O2/c1-6-17-11-9-10-16(4)19(17)12-13-26(8-3)23-24(26)25(23,5)15-20-21(27)14-18(7-2)22(20)28/h6,18-20,23-24H,4,7-15H2,1-3,5H3/b17-6+. The maximum absolute atomic E-state index is 12.6. The minimum absolute atomic E-state index is 0.00340. The van der Waals surface area contributed by atoms with Crippen molar-refractivity contribution in [3.8, 4) is 0 Å². The molecule has 154 valence electrons. The van der Waals surface area contributed by atoms with Gasteiger partial charge in [-0.1, -0.05) is 44.6 Å². The summed E-state index contributed by atoms with van der Waals surface area (Å²) in [5.41, 5.74) is 3.78. The van der Waals surface area contributed by atoms with Crippen LogP contribution in [0.3, 0.4) is 0 Å². The molecule has 2 heteroatoms.